The summed E-state index contributed by atoms with van der Waals surface area (Å²) < 4.78 is 10.6. The van der Waals surface area contributed by atoms with Crippen LogP contribution in [-0.4, -0.2) is 102 Å². The largest absolute Gasteiger partial charge is 0.494 e. The molecule has 0 bridgehead atoms. The molecule has 85 heavy (non-hydrogen) atoms. The second kappa shape index (κ2) is 33.8. The van der Waals surface area contributed by atoms with Crippen molar-refractivity contribution in [1.82, 2.24) is 9.80 Å². The van der Waals surface area contributed by atoms with E-state index >= 15 is 0 Å². The van der Waals surface area contributed by atoms with Gasteiger partial charge in [-0.15, -0.1) is 0 Å². The van der Waals surface area contributed by atoms with E-state index in [1.807, 2.05) is 122 Å². The molecule has 0 radical (unpaired) electrons. The van der Waals surface area contributed by atoms with Crippen molar-refractivity contribution in [2.45, 2.75) is 79.1 Å². The Hall–Kier alpha value is -9.19. The average molecular weight is 1170 g/mol. The van der Waals surface area contributed by atoms with Crippen molar-refractivity contribution >= 4 is 92.8 Å². The van der Waals surface area contributed by atoms with Crippen LogP contribution in [0.3, 0.4) is 0 Å². The number of amidine groups is 2. The van der Waals surface area contributed by atoms with Crippen LogP contribution in [0.4, 0.5) is 22.7 Å². The highest BCUT2D eigenvalue weighted by Crippen LogP contribution is 2.31. The maximum atomic E-state index is 13.6. The zero-order valence-corrected chi connectivity index (χ0v) is 49.5. The van der Waals surface area contributed by atoms with Gasteiger partial charge in [0.05, 0.1) is 24.6 Å². The molecule has 0 saturated heterocycles. The smallest absolute Gasteiger partial charge is 0.255 e. The van der Waals surface area contributed by atoms with Gasteiger partial charge in [-0.1, -0.05) is 62.4 Å². The molecule has 2 aliphatic rings. The summed E-state index contributed by atoms with van der Waals surface area (Å²) in [7, 11) is 0. The first-order valence-electron chi connectivity index (χ1n) is 28.7. The van der Waals surface area contributed by atoms with Crippen LogP contribution in [-0.2, 0) is 9.59 Å². The van der Waals surface area contributed by atoms with Gasteiger partial charge in [-0.05, 0) is 173 Å². The van der Waals surface area contributed by atoms with Crippen molar-refractivity contribution in [3.05, 3.63) is 190 Å². The fourth-order valence-electron chi connectivity index (χ4n) is 9.13. The highest BCUT2D eigenvalue weighted by Gasteiger charge is 2.24. The molecule has 17 nitrogen and oxygen atoms in total. The van der Waals surface area contributed by atoms with Gasteiger partial charge in [0.1, 0.15) is 23.2 Å². The standard InChI is InChI=1S/C34H38N4O4.C24H29N5O2.C9H9ClO2/c1-3-19-38(20-9-8-12-31(39)24-15-17-29(18-16-24)42-4-2)34(41)27-21-25-13-14-26(22-30(25)37-32(35)23-27)33(40)36-28-10-6-5-7-11-28;1-2-12-29(13-6-11-25)24(31)19-14-17-9-10-18(15-21(17)28-22(26)16-19)23(30)27-20-7-4-3-5-8-20;1-2-12-8-5-3-7(4-6-8)9(10)11/h5-7,10-11,13-18,21-22H,3-4,8-9,12,19-20,23H2,1-2H3,(H2,35,37)(H,36,40);3-5,7-10,14-15H,2,6,11-13,16,25H2,1H3,(H2,26,28)(H,27,30);3-6H,2H2,1H3. The number of nitrogens with zero attached hydrogens (tertiary/aromatic N) is 4. The predicted octanol–water partition coefficient (Wildman–Crippen LogP) is 12.2. The van der Waals surface area contributed by atoms with Crippen molar-refractivity contribution in [1.29, 1.82) is 0 Å². The van der Waals surface area contributed by atoms with Gasteiger partial charge in [0.25, 0.3) is 17.1 Å². The molecule has 0 atom stereocenters. The van der Waals surface area contributed by atoms with Crippen molar-refractivity contribution in [2.24, 2.45) is 27.2 Å². The molecule has 0 spiro atoms. The summed E-state index contributed by atoms with van der Waals surface area (Å²) in [6.45, 7) is 12.1. The normalized spacial score (nSPS) is 12.1. The fraction of sp³-hybridized carbons (Fsp3) is 0.284. The van der Waals surface area contributed by atoms with E-state index in [0.717, 1.165) is 41.9 Å². The zero-order chi connectivity index (χ0) is 61.1. The molecule has 6 aromatic rings. The number of hydrogen-bond donors (Lipinski definition) is 5. The van der Waals surface area contributed by atoms with Gasteiger partial charge < -0.3 is 47.1 Å². The van der Waals surface area contributed by atoms with Crippen LogP contribution < -0.4 is 37.3 Å². The number of fused-ring (bicyclic) bond motifs is 2. The van der Waals surface area contributed by atoms with E-state index in [2.05, 4.69) is 20.6 Å². The van der Waals surface area contributed by atoms with Gasteiger partial charge >= 0.3 is 0 Å². The Bertz CT molecular complexity index is 3370. The maximum absolute atomic E-state index is 13.6. The highest BCUT2D eigenvalue weighted by atomic mass is 35.5. The first-order valence-corrected chi connectivity index (χ1v) is 29.1. The Morgan fingerprint density at radius 3 is 1.33 bits per heavy atom. The van der Waals surface area contributed by atoms with E-state index in [1.165, 1.54) is 0 Å². The van der Waals surface area contributed by atoms with Gasteiger partial charge in [0, 0.05) is 101 Å². The molecule has 2 aliphatic heterocycles. The molecule has 444 valence electrons. The number of anilines is 2. The summed E-state index contributed by atoms with van der Waals surface area (Å²) in [5, 5.41) is 5.29. The molecule has 0 aromatic heterocycles. The molecule has 2 heterocycles. The molecule has 0 fully saturated rings. The van der Waals surface area contributed by atoms with Gasteiger partial charge in [-0.25, -0.2) is 9.98 Å². The topological polar surface area (TPSA) is 254 Å². The first kappa shape index (κ1) is 65.0. The second-order valence-corrected chi connectivity index (χ2v) is 20.2. The van der Waals surface area contributed by atoms with Crippen LogP contribution in [0.2, 0.25) is 0 Å². The number of rotatable bonds is 24. The van der Waals surface area contributed by atoms with Gasteiger partial charge in [-0.2, -0.15) is 0 Å². The van der Waals surface area contributed by atoms with E-state index in [4.69, 9.17) is 38.3 Å². The van der Waals surface area contributed by atoms with E-state index in [0.29, 0.717) is 133 Å². The van der Waals surface area contributed by atoms with Crippen LogP contribution in [0.25, 0.3) is 12.2 Å². The Kier molecular flexibility index (Phi) is 25.8. The van der Waals surface area contributed by atoms with Crippen molar-refractivity contribution in [2.75, 3.05) is 56.6 Å². The molecule has 0 unspecified atom stereocenters. The lowest BCUT2D eigenvalue weighted by Crippen LogP contribution is -2.35. The molecule has 0 saturated carbocycles. The molecule has 0 aliphatic carbocycles. The number of Topliss-reactive ketones (excluding diaryl/α,β-unsaturated/α-hetero) is 1. The van der Waals surface area contributed by atoms with E-state index in [1.54, 1.807) is 72.8 Å². The Balaban J connectivity index is 0.000000234. The minimum Gasteiger partial charge on any atom is -0.494 e. The lowest BCUT2D eigenvalue weighted by Gasteiger charge is -2.23. The van der Waals surface area contributed by atoms with Crippen LogP contribution in [0.5, 0.6) is 11.5 Å². The number of hydrogen-bond acceptors (Lipinski definition) is 13. The van der Waals surface area contributed by atoms with E-state index in [-0.39, 0.29) is 42.3 Å². The number of para-hydroxylation sites is 2. The summed E-state index contributed by atoms with van der Waals surface area (Å²) in [5.41, 5.74) is 25.2. The molecule has 8 N–H and O–H groups in total. The number of aliphatic imine (C=N–C) groups is 2. The molecule has 4 amide bonds. The minimum atomic E-state index is -0.446. The third-order valence-electron chi connectivity index (χ3n) is 13.3. The van der Waals surface area contributed by atoms with Crippen molar-refractivity contribution in [3.63, 3.8) is 0 Å². The number of halogens is 1. The summed E-state index contributed by atoms with van der Waals surface area (Å²) in [4.78, 5) is 88.0. The lowest BCUT2D eigenvalue weighted by molar-refractivity contribution is -0.128. The summed E-state index contributed by atoms with van der Waals surface area (Å²) in [5.74, 6) is 1.60. The molecular formula is C67H76ClN9O8. The first-order chi connectivity index (χ1) is 41.1. The number of benzene rings is 6. The number of nitrogens with two attached hydrogens (primary N) is 3. The van der Waals surface area contributed by atoms with E-state index < -0.39 is 5.24 Å². The third kappa shape index (κ3) is 20.3. The third-order valence-corrected chi connectivity index (χ3v) is 13.5. The summed E-state index contributed by atoms with van der Waals surface area (Å²) in [6, 6.07) is 42.8. The minimum absolute atomic E-state index is 0.0489. The summed E-state index contributed by atoms with van der Waals surface area (Å²) >= 11 is 5.25. The number of ether oxygens (including phenoxy) is 2. The number of unbranched alkanes of at least 4 members (excludes halogenated alkanes) is 1. The van der Waals surface area contributed by atoms with Gasteiger partial charge in [0.15, 0.2) is 5.78 Å². The second-order valence-electron chi connectivity index (χ2n) is 19.9. The monoisotopic (exact) mass is 1170 g/mol. The molecule has 8 rings (SSSR count). The number of ketones is 1. The van der Waals surface area contributed by atoms with Crippen LogP contribution in [0, 0.1) is 0 Å². The summed E-state index contributed by atoms with van der Waals surface area (Å²) in [6.07, 6.45) is 8.35. The van der Waals surface area contributed by atoms with E-state index in [9.17, 15) is 28.8 Å². The molecular weight excluding hydrogens is 1090 g/mol. The fourth-order valence-corrected chi connectivity index (χ4v) is 9.26. The number of carbonyl (C=O) groups excluding carboxylic acids is 6. The zero-order valence-electron chi connectivity index (χ0n) is 48.8. The van der Waals surface area contributed by atoms with Crippen LogP contribution in [0.15, 0.2) is 167 Å². The molecule has 18 heteroatoms. The highest BCUT2D eigenvalue weighted by molar-refractivity contribution is 6.67. The average Bonchev–Trinajstić information content (AvgIpc) is 3.41. The van der Waals surface area contributed by atoms with Gasteiger partial charge in [-0.3, -0.25) is 28.8 Å². The van der Waals surface area contributed by atoms with Crippen LogP contribution >= 0.6 is 11.6 Å². The Morgan fingerprint density at radius 1 is 0.518 bits per heavy atom. The quantitative estimate of drug-likeness (QED) is 0.0216. The van der Waals surface area contributed by atoms with Crippen molar-refractivity contribution < 1.29 is 38.2 Å². The van der Waals surface area contributed by atoms with Crippen molar-refractivity contribution in [3.8, 4) is 11.5 Å². The maximum Gasteiger partial charge on any atom is 0.255 e. The Labute approximate surface area is 503 Å². The number of carbonyl (C=O) groups is 6. The number of amides is 4. The van der Waals surface area contributed by atoms with Crippen LogP contribution in [0.1, 0.15) is 132 Å². The number of nitrogens with one attached hydrogen (secondary N) is 2. The van der Waals surface area contributed by atoms with Gasteiger partial charge in [0.2, 0.25) is 11.8 Å². The Morgan fingerprint density at radius 2 is 0.929 bits per heavy atom. The SMILES string of the molecule is CCCN(CCCCC(=O)c1ccc(OCC)cc1)C(=O)C1=Cc2ccc(C(=O)Nc3ccccc3)cc2N=C(N)C1.CCCN(CCCN)C(=O)C1=Cc2ccc(C(=O)Nc3ccccc3)cc2N=C(N)C1.CCOc1ccc(C(=O)Cl)cc1. The lowest BCUT2D eigenvalue weighted by atomic mass is 10.0. The molecule has 6 aromatic carbocycles. The predicted molar refractivity (Wildman–Crippen MR) is 340 cm³/mol.